The van der Waals surface area contributed by atoms with Crippen molar-refractivity contribution in [2.24, 2.45) is 0 Å². The highest BCUT2D eigenvalue weighted by Gasteiger charge is 2.30. The van der Waals surface area contributed by atoms with E-state index in [1.54, 1.807) is 19.4 Å². The van der Waals surface area contributed by atoms with Gasteiger partial charge in [-0.3, -0.25) is 0 Å². The molecular formula is C16H19N3O4S. The van der Waals surface area contributed by atoms with Gasteiger partial charge in [-0.25, -0.2) is 18.2 Å². The van der Waals surface area contributed by atoms with E-state index in [2.05, 4.69) is 4.98 Å². The van der Waals surface area contributed by atoms with Crippen molar-refractivity contribution in [3.8, 4) is 0 Å². The van der Waals surface area contributed by atoms with Crippen LogP contribution in [0.25, 0.3) is 0 Å². The highest BCUT2D eigenvalue weighted by atomic mass is 32.2. The molecule has 1 aliphatic rings. The molecule has 0 amide bonds. The van der Waals surface area contributed by atoms with E-state index in [4.69, 9.17) is 0 Å². The molecule has 128 valence electrons. The number of imidazole rings is 1. The maximum Gasteiger partial charge on any atom is 0.335 e. The molecule has 7 nitrogen and oxygen atoms in total. The van der Waals surface area contributed by atoms with Crippen molar-refractivity contribution in [1.29, 1.82) is 0 Å². The summed E-state index contributed by atoms with van der Waals surface area (Å²) in [6.45, 7) is 2.46. The van der Waals surface area contributed by atoms with Gasteiger partial charge in [0.25, 0.3) is 0 Å². The Morgan fingerprint density at radius 3 is 2.58 bits per heavy atom. The number of aromatic nitrogens is 2. The first kappa shape index (κ1) is 16.7. The molecule has 0 atom stereocenters. The Bertz CT molecular complexity index is 838. The molecule has 0 radical (unpaired) electrons. The number of aryl methyl sites for hydroxylation is 1. The predicted octanol–water partition coefficient (Wildman–Crippen LogP) is 1.92. The van der Waals surface area contributed by atoms with Crippen LogP contribution >= 0.6 is 0 Å². The molecule has 1 N–H and O–H groups in total. The number of hydrogen-bond donors (Lipinski definition) is 1. The molecule has 0 spiro atoms. The molecule has 0 saturated carbocycles. The van der Waals surface area contributed by atoms with Crippen LogP contribution in [0.1, 0.15) is 34.8 Å². The zero-order chi connectivity index (χ0) is 17.3. The van der Waals surface area contributed by atoms with Crippen molar-refractivity contribution >= 4 is 16.0 Å². The number of nitrogens with zero attached hydrogens (tertiary/aromatic N) is 3. The van der Waals surface area contributed by atoms with E-state index in [1.165, 1.54) is 22.5 Å². The van der Waals surface area contributed by atoms with Gasteiger partial charge in [0.1, 0.15) is 0 Å². The fraction of sp³-hybridized carbons (Fsp3) is 0.375. The molecule has 1 saturated heterocycles. The van der Waals surface area contributed by atoms with Gasteiger partial charge < -0.3 is 9.67 Å². The van der Waals surface area contributed by atoms with E-state index < -0.39 is 16.0 Å². The molecule has 1 fully saturated rings. The van der Waals surface area contributed by atoms with E-state index in [0.717, 1.165) is 0 Å². The van der Waals surface area contributed by atoms with Crippen LogP contribution in [0.15, 0.2) is 41.8 Å². The first-order valence-electron chi connectivity index (χ1n) is 7.71. The number of aromatic carboxylic acids is 1. The van der Waals surface area contributed by atoms with Crippen LogP contribution in [0.3, 0.4) is 0 Å². The molecule has 2 heterocycles. The first-order valence-corrected chi connectivity index (χ1v) is 9.15. The van der Waals surface area contributed by atoms with Gasteiger partial charge in [0.05, 0.1) is 16.8 Å². The summed E-state index contributed by atoms with van der Waals surface area (Å²) >= 11 is 0. The zero-order valence-corrected chi connectivity index (χ0v) is 14.1. The summed E-state index contributed by atoms with van der Waals surface area (Å²) in [4.78, 5) is 15.3. The molecule has 1 aromatic heterocycles. The normalized spacial score (nSPS) is 17.0. The maximum atomic E-state index is 12.8. The second-order valence-corrected chi connectivity index (χ2v) is 7.86. The largest absolute Gasteiger partial charge is 0.478 e. The first-order chi connectivity index (χ1) is 11.4. The summed E-state index contributed by atoms with van der Waals surface area (Å²) in [5.74, 6) is -1.12. The topological polar surface area (TPSA) is 92.5 Å². The number of carboxylic acids is 1. The van der Waals surface area contributed by atoms with Gasteiger partial charge in [0, 0.05) is 31.5 Å². The number of piperidine rings is 1. The molecule has 0 bridgehead atoms. The Kier molecular flexibility index (Phi) is 4.42. The van der Waals surface area contributed by atoms with Gasteiger partial charge in [0.15, 0.2) is 0 Å². The van der Waals surface area contributed by atoms with Gasteiger partial charge in [-0.2, -0.15) is 4.31 Å². The quantitative estimate of drug-likeness (QED) is 0.910. The summed E-state index contributed by atoms with van der Waals surface area (Å²) in [6.07, 6.45) is 6.74. The second kappa shape index (κ2) is 6.37. The minimum Gasteiger partial charge on any atom is -0.478 e. The van der Waals surface area contributed by atoms with Gasteiger partial charge in [-0.1, -0.05) is 6.07 Å². The average molecular weight is 349 g/mol. The monoisotopic (exact) mass is 349 g/mol. The van der Waals surface area contributed by atoms with Crippen molar-refractivity contribution < 1.29 is 18.3 Å². The number of benzene rings is 1. The van der Waals surface area contributed by atoms with Crippen molar-refractivity contribution in [3.05, 3.63) is 48.0 Å². The van der Waals surface area contributed by atoms with Crippen molar-refractivity contribution in [1.82, 2.24) is 13.9 Å². The molecule has 8 heteroatoms. The number of hydrogen-bond acceptors (Lipinski definition) is 4. The van der Waals surface area contributed by atoms with Crippen LogP contribution in [-0.2, 0) is 10.0 Å². The Labute approximate surface area is 140 Å². The van der Waals surface area contributed by atoms with Gasteiger partial charge in [-0.15, -0.1) is 0 Å². The molecule has 1 aliphatic heterocycles. The van der Waals surface area contributed by atoms with E-state index >= 15 is 0 Å². The Balaban J connectivity index is 1.79. The standard InChI is InChI=1S/C16H19N3O4S/c1-12-2-3-14(10-15(12)16(20)21)24(22,23)19-7-4-13(5-8-19)18-9-6-17-11-18/h2-3,6,9-11,13H,4-5,7-8H2,1H3,(H,20,21). The van der Waals surface area contributed by atoms with Crippen molar-refractivity contribution in [3.63, 3.8) is 0 Å². The third-order valence-corrected chi connectivity index (χ3v) is 6.34. The Hall–Kier alpha value is -2.19. The van der Waals surface area contributed by atoms with Crippen LogP contribution in [0, 0.1) is 6.92 Å². The Morgan fingerprint density at radius 1 is 1.29 bits per heavy atom. The zero-order valence-electron chi connectivity index (χ0n) is 13.3. The molecule has 0 aliphatic carbocycles. The maximum absolute atomic E-state index is 12.8. The second-order valence-electron chi connectivity index (χ2n) is 5.93. The fourth-order valence-corrected chi connectivity index (χ4v) is 4.50. The van der Waals surface area contributed by atoms with Crippen LogP contribution in [0.2, 0.25) is 0 Å². The summed E-state index contributed by atoms with van der Waals surface area (Å²) in [6, 6.07) is 4.49. The minimum atomic E-state index is -3.68. The highest BCUT2D eigenvalue weighted by molar-refractivity contribution is 7.89. The SMILES string of the molecule is Cc1ccc(S(=O)(=O)N2CCC(n3ccnc3)CC2)cc1C(=O)O. The van der Waals surface area contributed by atoms with E-state index in [0.29, 0.717) is 31.5 Å². The lowest BCUT2D eigenvalue weighted by Gasteiger charge is -2.31. The molecule has 3 rings (SSSR count). The van der Waals surface area contributed by atoms with E-state index in [1.807, 2.05) is 10.8 Å². The average Bonchev–Trinajstić information content (AvgIpc) is 3.09. The predicted molar refractivity (Wildman–Crippen MR) is 87.4 cm³/mol. The highest BCUT2D eigenvalue weighted by Crippen LogP contribution is 2.27. The number of carboxylic acid groups (broad SMARTS) is 1. The summed E-state index contributed by atoms with van der Waals surface area (Å²) in [5.41, 5.74) is 0.560. The van der Waals surface area contributed by atoms with Gasteiger partial charge >= 0.3 is 5.97 Å². The van der Waals surface area contributed by atoms with Crippen molar-refractivity contribution in [2.75, 3.05) is 13.1 Å². The molecule has 2 aromatic rings. The van der Waals surface area contributed by atoms with Crippen LogP contribution in [0.5, 0.6) is 0 Å². The van der Waals surface area contributed by atoms with E-state index in [9.17, 15) is 18.3 Å². The third-order valence-electron chi connectivity index (χ3n) is 4.45. The summed E-state index contributed by atoms with van der Waals surface area (Å²) in [5, 5.41) is 9.19. The number of carbonyl (C=O) groups is 1. The lowest BCUT2D eigenvalue weighted by atomic mass is 10.1. The Morgan fingerprint density at radius 2 is 2.00 bits per heavy atom. The lowest BCUT2D eigenvalue weighted by molar-refractivity contribution is 0.0696. The number of rotatable bonds is 4. The fourth-order valence-electron chi connectivity index (χ4n) is 3.01. The molecule has 1 aromatic carbocycles. The van der Waals surface area contributed by atoms with Gasteiger partial charge in [-0.05, 0) is 37.5 Å². The van der Waals surface area contributed by atoms with Crippen molar-refractivity contribution in [2.45, 2.75) is 30.7 Å². The molecular weight excluding hydrogens is 330 g/mol. The van der Waals surface area contributed by atoms with Crippen LogP contribution < -0.4 is 0 Å². The summed E-state index contributed by atoms with van der Waals surface area (Å²) < 4.78 is 29.0. The van der Waals surface area contributed by atoms with E-state index in [-0.39, 0.29) is 16.5 Å². The molecule has 0 unspecified atom stereocenters. The molecule has 24 heavy (non-hydrogen) atoms. The number of sulfonamides is 1. The lowest BCUT2D eigenvalue weighted by Crippen LogP contribution is -2.39. The van der Waals surface area contributed by atoms with Gasteiger partial charge in [0.2, 0.25) is 10.0 Å². The summed E-state index contributed by atoms with van der Waals surface area (Å²) in [7, 11) is -3.68. The van der Waals surface area contributed by atoms with Crippen LogP contribution in [0.4, 0.5) is 0 Å². The van der Waals surface area contributed by atoms with Crippen LogP contribution in [-0.4, -0.2) is 46.4 Å². The smallest absolute Gasteiger partial charge is 0.335 e. The third kappa shape index (κ3) is 3.07. The minimum absolute atomic E-state index is 0.0179.